The third kappa shape index (κ3) is 6.87. The third-order valence-electron chi connectivity index (χ3n) is 2.03. The maximum Gasteiger partial charge on any atom is 0.240 e. The molecule has 0 aromatic carbocycles. The van der Waals surface area contributed by atoms with Crippen LogP contribution in [0.1, 0.15) is 19.3 Å². The second kappa shape index (κ2) is 8.19. The number of nitrogens with two attached hydrogens (primary N) is 2. The van der Waals surface area contributed by atoms with Crippen molar-refractivity contribution in [3.63, 3.8) is 0 Å². The zero-order chi connectivity index (χ0) is 11.7. The highest BCUT2D eigenvalue weighted by Crippen LogP contribution is 1.99. The highest BCUT2D eigenvalue weighted by atomic mass is 16.2. The SMILES string of the molecule is CNCCCCC(NC(=O)CN)C(N)=O. The molecule has 0 aliphatic heterocycles. The van der Waals surface area contributed by atoms with Gasteiger partial charge in [-0.3, -0.25) is 9.59 Å². The Kier molecular flexibility index (Phi) is 7.57. The van der Waals surface area contributed by atoms with E-state index in [1.54, 1.807) is 0 Å². The van der Waals surface area contributed by atoms with Crippen molar-refractivity contribution in [1.29, 1.82) is 0 Å². The van der Waals surface area contributed by atoms with E-state index in [1.807, 2.05) is 7.05 Å². The Morgan fingerprint density at radius 1 is 1.33 bits per heavy atom. The molecule has 1 unspecified atom stereocenters. The van der Waals surface area contributed by atoms with Crippen LogP contribution in [0, 0.1) is 0 Å². The molecule has 15 heavy (non-hydrogen) atoms. The minimum absolute atomic E-state index is 0.125. The van der Waals surface area contributed by atoms with E-state index in [2.05, 4.69) is 10.6 Å². The number of nitrogens with one attached hydrogen (secondary N) is 2. The smallest absolute Gasteiger partial charge is 0.240 e. The van der Waals surface area contributed by atoms with Crippen LogP contribution in [0.15, 0.2) is 0 Å². The molecule has 1 atom stereocenters. The summed E-state index contributed by atoms with van der Waals surface area (Å²) in [6, 6.07) is -0.599. The molecule has 88 valence electrons. The van der Waals surface area contributed by atoms with Crippen LogP contribution >= 0.6 is 0 Å². The quantitative estimate of drug-likeness (QED) is 0.363. The Morgan fingerprint density at radius 2 is 2.00 bits per heavy atom. The number of amides is 2. The Balaban J connectivity index is 3.84. The maximum absolute atomic E-state index is 11.0. The van der Waals surface area contributed by atoms with Gasteiger partial charge in [-0.25, -0.2) is 0 Å². The van der Waals surface area contributed by atoms with Crippen molar-refractivity contribution in [1.82, 2.24) is 10.6 Å². The van der Waals surface area contributed by atoms with Gasteiger partial charge in [-0.15, -0.1) is 0 Å². The van der Waals surface area contributed by atoms with E-state index in [9.17, 15) is 9.59 Å². The molecule has 0 spiro atoms. The molecule has 6 N–H and O–H groups in total. The Bertz CT molecular complexity index is 208. The second-order valence-electron chi connectivity index (χ2n) is 3.33. The lowest BCUT2D eigenvalue weighted by Gasteiger charge is -2.14. The van der Waals surface area contributed by atoms with E-state index in [1.165, 1.54) is 0 Å². The average Bonchev–Trinajstić information content (AvgIpc) is 2.21. The summed E-state index contributed by atoms with van der Waals surface area (Å²) in [5.41, 5.74) is 10.3. The first-order valence-electron chi connectivity index (χ1n) is 5.05. The third-order valence-corrected chi connectivity index (χ3v) is 2.03. The highest BCUT2D eigenvalue weighted by Gasteiger charge is 2.16. The Hall–Kier alpha value is -1.14. The molecule has 0 saturated heterocycles. The molecular weight excluding hydrogens is 196 g/mol. The molecule has 0 bridgehead atoms. The average molecular weight is 216 g/mol. The molecule has 0 heterocycles. The lowest BCUT2D eigenvalue weighted by Crippen LogP contribution is -2.46. The van der Waals surface area contributed by atoms with Crippen molar-refractivity contribution in [2.75, 3.05) is 20.1 Å². The lowest BCUT2D eigenvalue weighted by molar-refractivity contribution is -0.126. The fourth-order valence-electron chi connectivity index (χ4n) is 1.19. The summed E-state index contributed by atoms with van der Waals surface area (Å²) in [5.74, 6) is -0.867. The molecule has 6 heteroatoms. The number of hydrogen-bond acceptors (Lipinski definition) is 4. The van der Waals surface area contributed by atoms with E-state index >= 15 is 0 Å². The number of hydrogen-bond donors (Lipinski definition) is 4. The minimum atomic E-state index is -0.599. The van der Waals surface area contributed by atoms with Gasteiger partial charge in [0, 0.05) is 0 Å². The van der Waals surface area contributed by atoms with Gasteiger partial charge < -0.3 is 22.1 Å². The van der Waals surface area contributed by atoms with Gasteiger partial charge in [0.05, 0.1) is 6.54 Å². The van der Waals surface area contributed by atoms with Crippen LogP contribution in [0.4, 0.5) is 0 Å². The fourth-order valence-corrected chi connectivity index (χ4v) is 1.19. The van der Waals surface area contributed by atoms with Crippen LogP contribution in [0.2, 0.25) is 0 Å². The van der Waals surface area contributed by atoms with Crippen LogP contribution in [0.3, 0.4) is 0 Å². The standard InChI is InChI=1S/C9H20N4O2/c1-12-5-3-2-4-7(9(11)15)13-8(14)6-10/h7,12H,2-6,10H2,1H3,(H2,11,15)(H,13,14). The summed E-state index contributed by atoms with van der Waals surface area (Å²) in [6.07, 6.45) is 2.33. The summed E-state index contributed by atoms with van der Waals surface area (Å²) in [5, 5.41) is 5.48. The van der Waals surface area contributed by atoms with Crippen molar-refractivity contribution >= 4 is 11.8 Å². The predicted molar refractivity (Wildman–Crippen MR) is 58.0 cm³/mol. The number of unbranched alkanes of at least 4 members (excludes halogenated alkanes) is 1. The molecule has 0 aliphatic rings. The second-order valence-corrected chi connectivity index (χ2v) is 3.33. The highest BCUT2D eigenvalue weighted by molar-refractivity contribution is 5.87. The van der Waals surface area contributed by atoms with E-state index in [-0.39, 0.29) is 12.5 Å². The van der Waals surface area contributed by atoms with Gasteiger partial charge in [0.25, 0.3) is 0 Å². The van der Waals surface area contributed by atoms with Crippen LogP contribution < -0.4 is 22.1 Å². The molecule has 0 aromatic rings. The Morgan fingerprint density at radius 3 is 2.47 bits per heavy atom. The molecule has 6 nitrogen and oxygen atoms in total. The van der Waals surface area contributed by atoms with E-state index in [4.69, 9.17) is 11.5 Å². The molecule has 0 fully saturated rings. The van der Waals surface area contributed by atoms with Crippen molar-refractivity contribution in [2.24, 2.45) is 11.5 Å². The van der Waals surface area contributed by atoms with Gasteiger partial charge in [0.15, 0.2) is 0 Å². The molecule has 0 saturated carbocycles. The van der Waals surface area contributed by atoms with Crippen LogP contribution in [0.25, 0.3) is 0 Å². The summed E-state index contributed by atoms with van der Waals surface area (Å²) in [7, 11) is 1.86. The Labute approximate surface area is 89.8 Å². The summed E-state index contributed by atoms with van der Waals surface area (Å²) < 4.78 is 0. The van der Waals surface area contributed by atoms with Gasteiger partial charge in [-0.1, -0.05) is 0 Å². The lowest BCUT2D eigenvalue weighted by atomic mass is 10.1. The topological polar surface area (TPSA) is 110 Å². The van der Waals surface area contributed by atoms with Gasteiger partial charge >= 0.3 is 0 Å². The molecule has 0 radical (unpaired) electrons. The molecule has 0 rings (SSSR count). The van der Waals surface area contributed by atoms with Gasteiger partial charge in [-0.2, -0.15) is 0 Å². The number of carbonyl (C=O) groups excluding carboxylic acids is 2. The van der Waals surface area contributed by atoms with Crippen LogP contribution in [0.5, 0.6) is 0 Å². The van der Waals surface area contributed by atoms with Gasteiger partial charge in [-0.05, 0) is 32.9 Å². The van der Waals surface area contributed by atoms with E-state index in [0.29, 0.717) is 6.42 Å². The zero-order valence-corrected chi connectivity index (χ0v) is 9.08. The molecule has 0 aliphatic carbocycles. The van der Waals surface area contributed by atoms with Crippen molar-refractivity contribution in [3.05, 3.63) is 0 Å². The first kappa shape index (κ1) is 13.9. The number of rotatable bonds is 8. The van der Waals surface area contributed by atoms with Crippen LogP contribution in [-0.4, -0.2) is 38.0 Å². The van der Waals surface area contributed by atoms with E-state index in [0.717, 1.165) is 19.4 Å². The van der Waals surface area contributed by atoms with Crippen molar-refractivity contribution in [2.45, 2.75) is 25.3 Å². The largest absolute Gasteiger partial charge is 0.368 e. The summed E-state index contributed by atoms with van der Waals surface area (Å²) in [6.45, 7) is 0.761. The molecule has 0 aromatic heterocycles. The maximum atomic E-state index is 11.0. The van der Waals surface area contributed by atoms with Gasteiger partial charge in [0.1, 0.15) is 6.04 Å². The first-order chi connectivity index (χ1) is 7.11. The molecule has 2 amide bonds. The number of carbonyl (C=O) groups is 2. The zero-order valence-electron chi connectivity index (χ0n) is 9.08. The normalized spacial score (nSPS) is 12.1. The van der Waals surface area contributed by atoms with Gasteiger partial charge in [0.2, 0.25) is 11.8 Å². The predicted octanol–water partition coefficient (Wildman–Crippen LogP) is -1.70. The van der Waals surface area contributed by atoms with Crippen LogP contribution in [-0.2, 0) is 9.59 Å². The fraction of sp³-hybridized carbons (Fsp3) is 0.778. The van der Waals surface area contributed by atoms with Crippen molar-refractivity contribution < 1.29 is 9.59 Å². The van der Waals surface area contributed by atoms with E-state index < -0.39 is 11.9 Å². The molecular formula is C9H20N4O2. The first-order valence-corrected chi connectivity index (χ1v) is 5.05. The van der Waals surface area contributed by atoms with Crippen molar-refractivity contribution in [3.8, 4) is 0 Å². The monoisotopic (exact) mass is 216 g/mol. The number of primary amides is 1. The summed E-state index contributed by atoms with van der Waals surface area (Å²) >= 11 is 0. The summed E-state index contributed by atoms with van der Waals surface area (Å²) in [4.78, 5) is 21.9. The minimum Gasteiger partial charge on any atom is -0.368 e.